The molecule has 0 saturated carbocycles. The minimum absolute atomic E-state index is 0. The van der Waals surface area contributed by atoms with Crippen LogP contribution in [0.25, 0.3) is 10.8 Å². The van der Waals surface area contributed by atoms with E-state index in [9.17, 15) is 18.0 Å². The van der Waals surface area contributed by atoms with Crippen molar-refractivity contribution in [2.24, 2.45) is 0 Å². The van der Waals surface area contributed by atoms with E-state index in [1.165, 1.54) is 23.5 Å². The van der Waals surface area contributed by atoms with Crippen LogP contribution in [-0.2, 0) is 17.8 Å². The number of hydrogen-bond acceptors (Lipinski definition) is 10. The van der Waals surface area contributed by atoms with Crippen LogP contribution in [0.5, 0.6) is 11.5 Å². The summed E-state index contributed by atoms with van der Waals surface area (Å²) in [6.07, 6.45) is -2.40. The summed E-state index contributed by atoms with van der Waals surface area (Å²) < 4.78 is 48.5. The molecule has 0 bridgehead atoms. The number of aromatic nitrogens is 6. The highest BCUT2D eigenvalue weighted by atomic mass is 32.1. The number of halogens is 3. The van der Waals surface area contributed by atoms with Crippen LogP contribution in [0.15, 0.2) is 18.2 Å². The normalized spacial score (nSPS) is 16.8. The third kappa shape index (κ3) is 5.27. The van der Waals surface area contributed by atoms with E-state index >= 15 is 0 Å². The number of piperidine rings is 1. The Balaban J connectivity index is 0.00000289. The summed E-state index contributed by atoms with van der Waals surface area (Å²) in [6, 6.07) is 4.48. The first-order chi connectivity index (χ1) is 16.2. The largest absolute Gasteiger partial charge is 0.573 e. The summed E-state index contributed by atoms with van der Waals surface area (Å²) in [5.74, 6) is -0.675. The van der Waals surface area contributed by atoms with E-state index in [0.29, 0.717) is 60.2 Å². The van der Waals surface area contributed by atoms with Crippen molar-refractivity contribution in [3.63, 3.8) is 0 Å². The molecular formula is C19H20F3N7O5S. The van der Waals surface area contributed by atoms with Gasteiger partial charge in [-0.15, -0.1) is 33.6 Å². The van der Waals surface area contributed by atoms with Crippen molar-refractivity contribution in [1.29, 1.82) is 0 Å². The molecule has 5 rings (SSSR count). The fourth-order valence-electron chi connectivity index (χ4n) is 4.15. The number of carboxylic acids is 1. The zero-order valence-corrected chi connectivity index (χ0v) is 18.8. The monoisotopic (exact) mass is 515 g/mol. The second-order valence-electron chi connectivity index (χ2n) is 7.98. The van der Waals surface area contributed by atoms with E-state index in [2.05, 4.69) is 35.2 Å². The van der Waals surface area contributed by atoms with Crippen molar-refractivity contribution < 1.29 is 38.0 Å². The molecule has 1 spiro atoms. The van der Waals surface area contributed by atoms with Gasteiger partial charge < -0.3 is 25.0 Å². The van der Waals surface area contributed by atoms with Gasteiger partial charge in [-0.3, -0.25) is 4.79 Å². The Bertz CT molecular complexity index is 1210. The van der Waals surface area contributed by atoms with E-state index in [-0.39, 0.29) is 17.1 Å². The molecule has 2 aromatic heterocycles. The number of ether oxygens (including phenoxy) is 2. The van der Waals surface area contributed by atoms with E-state index < -0.39 is 24.5 Å². The van der Waals surface area contributed by atoms with Gasteiger partial charge in [0.25, 0.3) is 0 Å². The third-order valence-corrected chi connectivity index (χ3v) is 6.73. The maximum Gasteiger partial charge on any atom is 0.573 e. The van der Waals surface area contributed by atoms with Gasteiger partial charge in [-0.1, -0.05) is 17.4 Å². The van der Waals surface area contributed by atoms with Crippen LogP contribution in [0.3, 0.4) is 0 Å². The molecule has 188 valence electrons. The SMILES string of the molecule is O.O=C(O)Cn1nnc(-c2nnc(N3CCC4(CCc5c(OC(F)(F)F)cccc5O4)CC3)s2)n1. The number of aliphatic carboxylic acids is 1. The first kappa shape index (κ1) is 24.6. The van der Waals surface area contributed by atoms with Crippen molar-refractivity contribution in [1.82, 2.24) is 30.4 Å². The fraction of sp³-hybridized carbons (Fsp3) is 0.474. The molecule has 16 heteroatoms. The minimum atomic E-state index is -4.75. The molecule has 3 N–H and O–H groups in total. The van der Waals surface area contributed by atoms with Crippen LogP contribution in [0, 0.1) is 0 Å². The molecule has 0 atom stereocenters. The Labute approximate surface area is 199 Å². The lowest BCUT2D eigenvalue weighted by Crippen LogP contribution is -2.49. The standard InChI is InChI=1S/C19H18F3N7O4S.H2O/c20-19(21,22)33-13-3-1-2-12-11(13)4-5-18(32-12)6-8-28(9-7-18)17-25-24-16(34-17)15-23-27-29(26-15)10-14(30)31;/h1-3H,4-10H2,(H,30,31);1H2. The van der Waals surface area contributed by atoms with Crippen LogP contribution >= 0.6 is 11.3 Å². The smallest absolute Gasteiger partial charge is 0.487 e. The average molecular weight is 515 g/mol. The topological polar surface area (TPSA) is 160 Å². The quantitative estimate of drug-likeness (QED) is 0.530. The molecular weight excluding hydrogens is 495 g/mol. The molecule has 2 aliphatic heterocycles. The molecule has 0 aliphatic carbocycles. The van der Waals surface area contributed by atoms with Gasteiger partial charge in [-0.25, -0.2) is 0 Å². The van der Waals surface area contributed by atoms with Gasteiger partial charge >= 0.3 is 12.3 Å². The summed E-state index contributed by atoms with van der Waals surface area (Å²) >= 11 is 1.27. The lowest BCUT2D eigenvalue weighted by molar-refractivity contribution is -0.275. The number of fused-ring (bicyclic) bond motifs is 1. The molecule has 4 heterocycles. The van der Waals surface area contributed by atoms with Crippen LogP contribution < -0.4 is 14.4 Å². The maximum atomic E-state index is 12.7. The molecule has 0 unspecified atom stereocenters. The number of anilines is 1. The highest BCUT2D eigenvalue weighted by Gasteiger charge is 2.42. The van der Waals surface area contributed by atoms with Gasteiger partial charge in [0.15, 0.2) is 11.6 Å². The van der Waals surface area contributed by atoms with Gasteiger partial charge in [-0.2, -0.15) is 4.80 Å². The average Bonchev–Trinajstić information content (AvgIpc) is 3.43. The molecule has 1 saturated heterocycles. The van der Waals surface area contributed by atoms with Crippen molar-refractivity contribution in [3.8, 4) is 22.3 Å². The molecule has 1 fully saturated rings. The summed E-state index contributed by atoms with van der Waals surface area (Å²) in [7, 11) is 0. The number of tetrazole rings is 1. The third-order valence-electron chi connectivity index (χ3n) is 5.75. The number of nitrogens with zero attached hydrogens (tertiary/aromatic N) is 7. The van der Waals surface area contributed by atoms with Gasteiger partial charge in [0.2, 0.25) is 11.0 Å². The lowest BCUT2D eigenvalue weighted by atomic mass is 9.83. The molecule has 2 aliphatic rings. The van der Waals surface area contributed by atoms with Gasteiger partial charge in [0.1, 0.15) is 17.1 Å². The van der Waals surface area contributed by atoms with Crippen molar-refractivity contribution >= 4 is 22.4 Å². The van der Waals surface area contributed by atoms with E-state index in [0.717, 1.165) is 4.80 Å². The number of rotatable bonds is 5. The molecule has 1 aromatic carbocycles. The summed E-state index contributed by atoms with van der Waals surface area (Å²) in [4.78, 5) is 13.8. The lowest BCUT2D eigenvalue weighted by Gasteiger charge is -2.44. The Morgan fingerprint density at radius 1 is 1.20 bits per heavy atom. The first-order valence-corrected chi connectivity index (χ1v) is 11.2. The summed E-state index contributed by atoms with van der Waals surface area (Å²) in [6.45, 7) is 0.851. The fourth-order valence-corrected chi connectivity index (χ4v) is 4.97. The Hall–Kier alpha value is -3.53. The van der Waals surface area contributed by atoms with Gasteiger partial charge in [-0.05, 0) is 30.2 Å². The van der Waals surface area contributed by atoms with Crippen molar-refractivity contribution in [2.45, 2.75) is 44.2 Å². The van der Waals surface area contributed by atoms with Gasteiger partial charge in [0.05, 0.1) is 0 Å². The minimum Gasteiger partial charge on any atom is -0.487 e. The van der Waals surface area contributed by atoms with Gasteiger partial charge in [0, 0.05) is 31.5 Å². The molecule has 12 nitrogen and oxygen atoms in total. The van der Waals surface area contributed by atoms with E-state index in [1.54, 1.807) is 6.07 Å². The number of carbonyl (C=O) groups is 1. The van der Waals surface area contributed by atoms with Crippen LogP contribution in [0.1, 0.15) is 24.8 Å². The maximum absolute atomic E-state index is 12.7. The van der Waals surface area contributed by atoms with Crippen LogP contribution in [-0.4, -0.2) is 72.0 Å². The zero-order chi connectivity index (χ0) is 23.9. The van der Waals surface area contributed by atoms with Crippen LogP contribution in [0.2, 0.25) is 0 Å². The number of alkyl halides is 3. The number of benzene rings is 1. The Morgan fingerprint density at radius 3 is 2.69 bits per heavy atom. The molecule has 0 amide bonds. The Kier molecular flexibility index (Phi) is 6.50. The molecule has 0 radical (unpaired) electrons. The predicted octanol–water partition coefficient (Wildman–Crippen LogP) is 1.71. The number of carboxylic acid groups (broad SMARTS) is 1. The van der Waals surface area contributed by atoms with E-state index in [4.69, 9.17) is 9.84 Å². The molecule has 3 aromatic rings. The summed E-state index contributed by atoms with van der Waals surface area (Å²) in [5, 5.41) is 29.7. The van der Waals surface area contributed by atoms with E-state index in [1.807, 2.05) is 0 Å². The van der Waals surface area contributed by atoms with Crippen molar-refractivity contribution in [3.05, 3.63) is 23.8 Å². The van der Waals surface area contributed by atoms with Crippen molar-refractivity contribution in [2.75, 3.05) is 18.0 Å². The Morgan fingerprint density at radius 2 is 1.97 bits per heavy atom. The van der Waals surface area contributed by atoms with Crippen LogP contribution in [0.4, 0.5) is 18.3 Å². The zero-order valence-electron chi connectivity index (χ0n) is 18.0. The highest BCUT2D eigenvalue weighted by molar-refractivity contribution is 7.18. The number of hydrogen-bond donors (Lipinski definition) is 1. The second-order valence-corrected chi connectivity index (χ2v) is 8.94. The second kappa shape index (κ2) is 9.26. The summed E-state index contributed by atoms with van der Waals surface area (Å²) in [5.41, 5.74) is -0.0281. The molecule has 35 heavy (non-hydrogen) atoms. The highest BCUT2D eigenvalue weighted by Crippen LogP contribution is 2.44. The first-order valence-electron chi connectivity index (χ1n) is 10.3. The predicted molar refractivity (Wildman–Crippen MR) is 114 cm³/mol.